The third-order valence-corrected chi connectivity index (χ3v) is 6.07. The molecule has 1 aliphatic rings. The highest BCUT2D eigenvalue weighted by molar-refractivity contribution is 8.18. The summed E-state index contributed by atoms with van der Waals surface area (Å²) in [6.07, 6.45) is 1.64. The standard InChI is InChI=1S/C23H17ClN2O5S/c1-26-21(27)20(32-23(26)25-14-4-6-15(30-2)7-5-14)12-16-8-10-19(31-16)13-3-9-18(24)17(11-13)22(28)29/h3-12H,1-2H3,(H,28,29)/b20-12-,25-23?. The number of likely N-dealkylation sites (N-methyl/N-ethyl adjacent to an activating group) is 1. The average molecular weight is 469 g/mol. The number of thioether (sulfide) groups is 1. The Morgan fingerprint density at radius 3 is 2.62 bits per heavy atom. The quantitative estimate of drug-likeness (QED) is 0.494. The van der Waals surface area contributed by atoms with E-state index in [4.69, 9.17) is 20.8 Å². The molecule has 162 valence electrons. The zero-order valence-corrected chi connectivity index (χ0v) is 18.6. The summed E-state index contributed by atoms with van der Waals surface area (Å²) in [5.41, 5.74) is 1.26. The fourth-order valence-electron chi connectivity index (χ4n) is 2.98. The van der Waals surface area contributed by atoms with Crippen LogP contribution in [0.3, 0.4) is 0 Å². The molecule has 0 spiro atoms. The molecule has 2 heterocycles. The number of methoxy groups -OCH3 is 1. The molecular formula is C23H17ClN2O5S. The first-order valence-corrected chi connectivity index (χ1v) is 10.6. The first kappa shape index (κ1) is 21.7. The van der Waals surface area contributed by atoms with Crippen molar-refractivity contribution >= 4 is 52.2 Å². The van der Waals surface area contributed by atoms with Crippen LogP contribution in [0.15, 0.2) is 68.9 Å². The summed E-state index contributed by atoms with van der Waals surface area (Å²) < 4.78 is 11.0. The summed E-state index contributed by atoms with van der Waals surface area (Å²) in [6.45, 7) is 0. The first-order valence-electron chi connectivity index (χ1n) is 9.39. The highest BCUT2D eigenvalue weighted by atomic mass is 35.5. The van der Waals surface area contributed by atoms with Gasteiger partial charge >= 0.3 is 5.97 Å². The predicted octanol–water partition coefficient (Wildman–Crippen LogP) is 5.54. The van der Waals surface area contributed by atoms with Gasteiger partial charge < -0.3 is 14.3 Å². The van der Waals surface area contributed by atoms with Gasteiger partial charge in [-0.1, -0.05) is 11.6 Å². The van der Waals surface area contributed by atoms with Crippen LogP contribution in [0.5, 0.6) is 5.75 Å². The lowest BCUT2D eigenvalue weighted by molar-refractivity contribution is -0.121. The van der Waals surface area contributed by atoms with E-state index in [1.54, 1.807) is 50.6 Å². The Bertz CT molecular complexity index is 1260. The average Bonchev–Trinajstić information content (AvgIpc) is 3.35. The fourth-order valence-corrected chi connectivity index (χ4v) is 4.14. The van der Waals surface area contributed by atoms with Gasteiger partial charge in [-0.25, -0.2) is 9.79 Å². The molecule has 4 rings (SSSR count). The van der Waals surface area contributed by atoms with Gasteiger partial charge in [-0.05, 0) is 66.4 Å². The third kappa shape index (κ3) is 4.42. The minimum Gasteiger partial charge on any atom is -0.497 e. The van der Waals surface area contributed by atoms with Crippen LogP contribution in [0.4, 0.5) is 5.69 Å². The van der Waals surface area contributed by atoms with E-state index < -0.39 is 5.97 Å². The number of furan rings is 1. The van der Waals surface area contributed by atoms with Crippen LogP contribution in [-0.2, 0) is 4.79 Å². The van der Waals surface area contributed by atoms with Gasteiger partial charge in [-0.3, -0.25) is 9.69 Å². The first-order chi connectivity index (χ1) is 15.4. The second kappa shape index (κ2) is 8.94. The van der Waals surface area contributed by atoms with E-state index in [2.05, 4.69) is 4.99 Å². The Morgan fingerprint density at radius 1 is 1.19 bits per heavy atom. The zero-order valence-electron chi connectivity index (χ0n) is 17.0. The van der Waals surface area contributed by atoms with Gasteiger partial charge in [0.15, 0.2) is 5.17 Å². The number of carbonyl (C=O) groups excluding carboxylic acids is 1. The molecule has 32 heavy (non-hydrogen) atoms. The number of aliphatic imine (C=N–C) groups is 1. The Hall–Kier alpha value is -3.49. The van der Waals surface area contributed by atoms with Crippen molar-refractivity contribution in [2.75, 3.05) is 14.2 Å². The molecule has 0 bridgehead atoms. The minimum absolute atomic E-state index is 0.0111. The van der Waals surface area contributed by atoms with Crippen molar-refractivity contribution in [1.82, 2.24) is 4.90 Å². The Labute approximate surface area is 193 Å². The number of halogens is 1. The van der Waals surface area contributed by atoms with E-state index in [1.165, 1.54) is 28.8 Å². The highest BCUT2D eigenvalue weighted by Crippen LogP contribution is 2.34. The highest BCUT2D eigenvalue weighted by Gasteiger charge is 2.30. The van der Waals surface area contributed by atoms with Crippen molar-refractivity contribution in [3.8, 4) is 17.1 Å². The van der Waals surface area contributed by atoms with Crippen LogP contribution < -0.4 is 4.74 Å². The number of carboxylic acids is 1. The maximum absolute atomic E-state index is 12.7. The van der Waals surface area contributed by atoms with Gasteiger partial charge in [0.1, 0.15) is 17.3 Å². The van der Waals surface area contributed by atoms with Gasteiger partial charge in [0, 0.05) is 18.7 Å². The summed E-state index contributed by atoms with van der Waals surface area (Å²) in [5.74, 6) is 0.335. The number of nitrogens with zero attached hydrogens (tertiary/aromatic N) is 2. The maximum atomic E-state index is 12.7. The Morgan fingerprint density at radius 2 is 1.94 bits per heavy atom. The van der Waals surface area contributed by atoms with Gasteiger partial charge in [-0.15, -0.1) is 0 Å². The van der Waals surface area contributed by atoms with Crippen molar-refractivity contribution in [3.63, 3.8) is 0 Å². The molecule has 1 fully saturated rings. The molecule has 0 aliphatic carbocycles. The molecule has 2 aromatic carbocycles. The predicted molar refractivity (Wildman–Crippen MR) is 125 cm³/mol. The van der Waals surface area contributed by atoms with Crippen molar-refractivity contribution in [2.45, 2.75) is 0 Å². The molecule has 1 saturated heterocycles. The number of benzene rings is 2. The summed E-state index contributed by atoms with van der Waals surface area (Å²) in [4.78, 5) is 30.4. The molecule has 7 nitrogen and oxygen atoms in total. The van der Waals surface area contributed by atoms with E-state index in [9.17, 15) is 14.7 Å². The molecule has 0 radical (unpaired) electrons. The SMILES string of the molecule is COc1ccc(N=C2S/C(=C\c3ccc(-c4ccc(Cl)c(C(=O)O)c4)o3)C(=O)N2C)cc1. The maximum Gasteiger partial charge on any atom is 0.337 e. The number of carboxylic acid groups (broad SMARTS) is 1. The van der Waals surface area contributed by atoms with Crippen LogP contribution >= 0.6 is 23.4 Å². The summed E-state index contributed by atoms with van der Waals surface area (Å²) in [7, 11) is 3.25. The molecule has 0 atom stereocenters. The Balaban J connectivity index is 1.58. The van der Waals surface area contributed by atoms with E-state index in [-0.39, 0.29) is 16.5 Å². The number of rotatable bonds is 5. The number of hydrogen-bond donors (Lipinski definition) is 1. The molecule has 0 unspecified atom stereocenters. The number of ether oxygens (including phenoxy) is 1. The molecule has 1 amide bonds. The van der Waals surface area contributed by atoms with Crippen LogP contribution in [-0.4, -0.2) is 41.2 Å². The smallest absolute Gasteiger partial charge is 0.337 e. The van der Waals surface area contributed by atoms with Crippen LogP contribution in [0.1, 0.15) is 16.1 Å². The van der Waals surface area contributed by atoms with Crippen LogP contribution in [0, 0.1) is 0 Å². The number of aromatic carboxylic acids is 1. The number of hydrogen-bond acceptors (Lipinski definition) is 6. The topological polar surface area (TPSA) is 92.3 Å². The van der Waals surface area contributed by atoms with E-state index in [1.807, 2.05) is 12.1 Å². The second-order valence-corrected chi connectivity index (χ2v) is 8.19. The van der Waals surface area contributed by atoms with E-state index >= 15 is 0 Å². The minimum atomic E-state index is -1.12. The molecular weight excluding hydrogens is 452 g/mol. The summed E-state index contributed by atoms with van der Waals surface area (Å²) in [5, 5.41) is 9.95. The molecule has 3 aromatic rings. The molecule has 9 heteroatoms. The molecule has 1 N–H and O–H groups in total. The molecule has 1 aliphatic heterocycles. The van der Waals surface area contributed by atoms with Crippen molar-refractivity contribution < 1.29 is 23.8 Å². The number of carbonyl (C=O) groups is 2. The van der Waals surface area contributed by atoms with Gasteiger partial charge in [0.25, 0.3) is 5.91 Å². The zero-order chi connectivity index (χ0) is 22.8. The van der Waals surface area contributed by atoms with Crippen LogP contribution in [0.2, 0.25) is 5.02 Å². The third-order valence-electron chi connectivity index (χ3n) is 4.68. The van der Waals surface area contributed by atoms with Crippen molar-refractivity contribution in [3.05, 3.63) is 75.8 Å². The Kier molecular flexibility index (Phi) is 6.07. The largest absolute Gasteiger partial charge is 0.497 e. The van der Waals surface area contributed by atoms with Crippen LogP contribution in [0.25, 0.3) is 17.4 Å². The second-order valence-electron chi connectivity index (χ2n) is 6.77. The van der Waals surface area contributed by atoms with E-state index in [0.29, 0.717) is 32.8 Å². The lowest BCUT2D eigenvalue weighted by Gasteiger charge is -2.07. The molecule has 1 aromatic heterocycles. The van der Waals surface area contributed by atoms with Gasteiger partial charge in [-0.2, -0.15) is 0 Å². The van der Waals surface area contributed by atoms with Crippen molar-refractivity contribution in [2.24, 2.45) is 4.99 Å². The normalized spacial score (nSPS) is 16.2. The lowest BCUT2D eigenvalue weighted by atomic mass is 10.1. The van der Waals surface area contributed by atoms with Gasteiger partial charge in [0.2, 0.25) is 0 Å². The number of amides is 1. The molecule has 0 saturated carbocycles. The fraction of sp³-hybridized carbons (Fsp3) is 0.0870. The van der Waals surface area contributed by atoms with Crippen molar-refractivity contribution in [1.29, 1.82) is 0 Å². The summed E-state index contributed by atoms with van der Waals surface area (Å²) in [6, 6.07) is 15.3. The monoisotopic (exact) mass is 468 g/mol. The number of amidine groups is 1. The lowest BCUT2D eigenvalue weighted by Crippen LogP contribution is -2.23. The summed E-state index contributed by atoms with van der Waals surface area (Å²) >= 11 is 7.17. The van der Waals surface area contributed by atoms with E-state index in [0.717, 1.165) is 5.75 Å². The van der Waals surface area contributed by atoms with Gasteiger partial charge in [0.05, 0.1) is 28.3 Å².